The molecule has 4 aromatic rings. The Morgan fingerprint density at radius 2 is 2.03 bits per heavy atom. The van der Waals surface area contributed by atoms with E-state index in [2.05, 4.69) is 20.5 Å². The first-order valence-electron chi connectivity index (χ1n) is 11.5. The summed E-state index contributed by atoms with van der Waals surface area (Å²) in [7, 11) is 0. The van der Waals surface area contributed by atoms with Crippen molar-refractivity contribution in [2.24, 2.45) is 0 Å². The summed E-state index contributed by atoms with van der Waals surface area (Å²) in [5, 5.41) is 29.4. The molecule has 13 heteroatoms. The highest BCUT2D eigenvalue weighted by Gasteiger charge is 2.47. The number of benzene rings is 1. The van der Waals surface area contributed by atoms with Crippen molar-refractivity contribution < 1.29 is 32.9 Å². The van der Waals surface area contributed by atoms with Gasteiger partial charge in [-0.05, 0) is 30.2 Å². The number of alkyl halides is 3. The molecule has 1 amide bonds. The van der Waals surface area contributed by atoms with Gasteiger partial charge in [0.2, 0.25) is 0 Å². The van der Waals surface area contributed by atoms with Crippen LogP contribution in [-0.2, 0) is 0 Å². The number of aromatic nitrogens is 4. The topological polar surface area (TPSA) is 125 Å². The molecular weight excluding hydrogens is 493 g/mol. The van der Waals surface area contributed by atoms with Crippen LogP contribution >= 0.6 is 0 Å². The van der Waals surface area contributed by atoms with Gasteiger partial charge in [-0.1, -0.05) is 24.3 Å². The van der Waals surface area contributed by atoms with E-state index in [0.29, 0.717) is 22.6 Å². The molecule has 0 radical (unpaired) electrons. The van der Waals surface area contributed by atoms with Gasteiger partial charge in [-0.25, -0.2) is 9.78 Å². The highest BCUT2D eigenvalue weighted by Crippen LogP contribution is 2.40. The number of pyridine rings is 2. The van der Waals surface area contributed by atoms with Crippen LogP contribution < -0.4 is 10.1 Å². The fraction of sp³-hybridized carbons (Fsp3) is 0.333. The number of aliphatic hydroxyl groups is 1. The van der Waals surface area contributed by atoms with E-state index in [-0.39, 0.29) is 44.1 Å². The molecule has 0 saturated carbocycles. The van der Waals surface area contributed by atoms with Crippen molar-refractivity contribution in [1.29, 1.82) is 0 Å². The van der Waals surface area contributed by atoms with Crippen molar-refractivity contribution in [1.82, 2.24) is 29.8 Å². The zero-order chi connectivity index (χ0) is 26.2. The van der Waals surface area contributed by atoms with Gasteiger partial charge >= 0.3 is 12.3 Å². The number of aliphatic hydroxyl groups excluding tert-OH is 1. The van der Waals surface area contributed by atoms with Gasteiger partial charge in [0.25, 0.3) is 0 Å². The van der Waals surface area contributed by atoms with Crippen LogP contribution in [0.4, 0.5) is 18.0 Å². The second kappa shape index (κ2) is 9.82. The molecule has 0 bridgehead atoms. The van der Waals surface area contributed by atoms with Gasteiger partial charge in [0, 0.05) is 30.7 Å². The third kappa shape index (κ3) is 5.00. The highest BCUT2D eigenvalue weighted by molar-refractivity contribution is 5.86. The number of carbonyl (C=O) groups is 1. The van der Waals surface area contributed by atoms with Crippen molar-refractivity contribution in [3.63, 3.8) is 0 Å². The molecule has 10 nitrogen and oxygen atoms in total. The molecule has 2 atom stereocenters. The van der Waals surface area contributed by atoms with Crippen molar-refractivity contribution >= 4 is 22.6 Å². The fourth-order valence-electron chi connectivity index (χ4n) is 4.68. The van der Waals surface area contributed by atoms with Crippen LogP contribution in [0.3, 0.4) is 0 Å². The van der Waals surface area contributed by atoms with Gasteiger partial charge in [0.15, 0.2) is 11.5 Å². The van der Waals surface area contributed by atoms with Gasteiger partial charge in [0.05, 0.1) is 6.61 Å². The molecule has 1 aromatic carbocycles. The number of para-hydroxylation sites is 1. The summed E-state index contributed by atoms with van der Waals surface area (Å²) in [4.78, 5) is 16.8. The molecule has 1 saturated heterocycles. The SMILES string of the molecule is O=C(O)NC1CCN([C@H](c2ccc3nnc(-c4ccc5cccc(OCCO)c5n4)n3c2)C(F)(F)F)C1. The maximum Gasteiger partial charge on any atom is 0.408 e. The number of nitrogens with zero attached hydrogens (tertiary/aromatic N) is 5. The quantitative estimate of drug-likeness (QED) is 0.342. The number of rotatable bonds is 7. The lowest BCUT2D eigenvalue weighted by Gasteiger charge is -2.30. The first kappa shape index (κ1) is 24.7. The lowest BCUT2D eigenvalue weighted by molar-refractivity contribution is -0.184. The Labute approximate surface area is 208 Å². The van der Waals surface area contributed by atoms with Crippen LogP contribution in [0.25, 0.3) is 28.1 Å². The molecule has 1 unspecified atom stereocenters. The van der Waals surface area contributed by atoms with E-state index in [1.54, 1.807) is 24.3 Å². The predicted octanol–water partition coefficient (Wildman–Crippen LogP) is 3.26. The van der Waals surface area contributed by atoms with Crippen LogP contribution in [0.15, 0.2) is 48.7 Å². The van der Waals surface area contributed by atoms with E-state index < -0.39 is 24.4 Å². The number of carboxylic acid groups (broad SMARTS) is 1. The van der Waals surface area contributed by atoms with Crippen molar-refractivity contribution in [2.75, 3.05) is 26.3 Å². The minimum Gasteiger partial charge on any atom is -0.489 e. The maximum atomic E-state index is 14.3. The van der Waals surface area contributed by atoms with E-state index >= 15 is 0 Å². The van der Waals surface area contributed by atoms with E-state index in [4.69, 9.17) is 14.9 Å². The summed E-state index contributed by atoms with van der Waals surface area (Å²) in [6.07, 6.45) is -4.24. The standard InChI is InChI=1S/C24H23F3N6O4/c25-24(26,27)21(32-9-8-16(13-32)28-23(35)36)15-5-7-19-30-31-22(33(19)12-15)17-6-4-14-2-1-3-18(20(14)29-17)37-11-10-34/h1-7,12,16,21,28,34H,8-11,13H2,(H,35,36)/t16?,21-/m1/s1. The summed E-state index contributed by atoms with van der Waals surface area (Å²) < 4.78 is 49.8. The van der Waals surface area contributed by atoms with Crippen LogP contribution in [0.2, 0.25) is 0 Å². The average Bonchev–Trinajstić information content (AvgIpc) is 3.48. The molecular formula is C24H23F3N6O4. The normalized spacial score (nSPS) is 17.4. The number of hydrogen-bond donors (Lipinski definition) is 3. The van der Waals surface area contributed by atoms with E-state index in [9.17, 15) is 18.0 Å². The van der Waals surface area contributed by atoms with Gasteiger partial charge in [-0.15, -0.1) is 10.2 Å². The zero-order valence-corrected chi connectivity index (χ0v) is 19.4. The third-order valence-corrected chi connectivity index (χ3v) is 6.22. The summed E-state index contributed by atoms with van der Waals surface area (Å²) in [6, 6.07) is 9.15. The second-order valence-corrected chi connectivity index (χ2v) is 8.68. The van der Waals surface area contributed by atoms with E-state index in [1.807, 2.05) is 6.07 Å². The molecule has 1 aliphatic heterocycles. The molecule has 0 spiro atoms. The number of hydrogen-bond acceptors (Lipinski definition) is 7. The van der Waals surface area contributed by atoms with Crippen molar-refractivity contribution in [2.45, 2.75) is 24.7 Å². The van der Waals surface area contributed by atoms with Crippen LogP contribution in [0.1, 0.15) is 18.0 Å². The summed E-state index contributed by atoms with van der Waals surface area (Å²) in [5.74, 6) is 0.710. The molecule has 1 fully saturated rings. The first-order chi connectivity index (χ1) is 17.7. The molecule has 194 valence electrons. The molecule has 1 aliphatic rings. The molecule has 3 N–H and O–H groups in total. The molecule has 0 aliphatic carbocycles. The Bertz CT molecular complexity index is 1440. The average molecular weight is 516 g/mol. The largest absolute Gasteiger partial charge is 0.489 e. The van der Waals surface area contributed by atoms with Gasteiger partial charge in [-0.3, -0.25) is 9.30 Å². The number of ether oxygens (including phenoxy) is 1. The fourth-order valence-corrected chi connectivity index (χ4v) is 4.68. The van der Waals surface area contributed by atoms with Crippen LogP contribution in [0, 0.1) is 0 Å². The number of likely N-dealkylation sites (tertiary alicyclic amines) is 1. The highest BCUT2D eigenvalue weighted by atomic mass is 19.4. The lowest BCUT2D eigenvalue weighted by Crippen LogP contribution is -2.40. The Morgan fingerprint density at radius 3 is 2.78 bits per heavy atom. The lowest BCUT2D eigenvalue weighted by atomic mass is 10.1. The Hall–Kier alpha value is -3.97. The third-order valence-electron chi connectivity index (χ3n) is 6.22. The minimum absolute atomic E-state index is 0.0233. The summed E-state index contributed by atoms with van der Waals surface area (Å²) >= 11 is 0. The molecule has 4 heterocycles. The van der Waals surface area contributed by atoms with Crippen LogP contribution in [-0.4, -0.2) is 79.3 Å². The number of nitrogens with one attached hydrogen (secondary N) is 1. The number of amides is 1. The van der Waals surface area contributed by atoms with Gasteiger partial charge < -0.3 is 20.3 Å². The molecule has 5 rings (SSSR count). The monoisotopic (exact) mass is 516 g/mol. The van der Waals surface area contributed by atoms with Crippen molar-refractivity contribution in [3.05, 3.63) is 54.2 Å². The molecule has 37 heavy (non-hydrogen) atoms. The maximum absolute atomic E-state index is 14.3. The zero-order valence-electron chi connectivity index (χ0n) is 19.4. The first-order valence-corrected chi connectivity index (χ1v) is 11.5. The second-order valence-electron chi connectivity index (χ2n) is 8.68. The summed E-state index contributed by atoms with van der Waals surface area (Å²) in [6.45, 7) is -0.0595. The smallest absolute Gasteiger partial charge is 0.408 e. The van der Waals surface area contributed by atoms with E-state index in [1.165, 1.54) is 27.6 Å². The Morgan fingerprint density at radius 1 is 1.19 bits per heavy atom. The van der Waals surface area contributed by atoms with Gasteiger partial charge in [-0.2, -0.15) is 13.2 Å². The minimum atomic E-state index is -4.60. The summed E-state index contributed by atoms with van der Waals surface area (Å²) in [5.41, 5.74) is 1.22. The Kier molecular flexibility index (Phi) is 6.56. The number of halogens is 3. The van der Waals surface area contributed by atoms with Crippen molar-refractivity contribution in [3.8, 4) is 17.3 Å². The van der Waals surface area contributed by atoms with Gasteiger partial charge in [0.1, 0.15) is 29.6 Å². The Balaban J connectivity index is 1.53. The molecule has 3 aromatic heterocycles. The number of fused-ring (bicyclic) bond motifs is 2. The van der Waals surface area contributed by atoms with E-state index in [0.717, 1.165) is 5.39 Å². The van der Waals surface area contributed by atoms with Crippen LogP contribution in [0.5, 0.6) is 5.75 Å². The predicted molar refractivity (Wildman–Crippen MR) is 126 cm³/mol.